The van der Waals surface area contributed by atoms with Gasteiger partial charge < -0.3 is 5.32 Å². The lowest BCUT2D eigenvalue weighted by Crippen LogP contribution is -2.23. The van der Waals surface area contributed by atoms with Gasteiger partial charge in [-0.3, -0.25) is 9.78 Å². The number of benzene rings is 1. The monoisotopic (exact) mass is 379 g/mol. The number of hydrogen-bond acceptors (Lipinski definition) is 4. The summed E-state index contributed by atoms with van der Waals surface area (Å²) in [6.07, 6.45) is 3.54. The fourth-order valence-electron chi connectivity index (χ4n) is 2.67. The van der Waals surface area contributed by atoms with Crippen LogP contribution in [-0.2, 0) is 6.54 Å². The van der Waals surface area contributed by atoms with E-state index in [1.807, 2.05) is 35.0 Å². The highest BCUT2D eigenvalue weighted by molar-refractivity contribution is 7.08. The second-order valence-corrected chi connectivity index (χ2v) is 6.99. The van der Waals surface area contributed by atoms with Gasteiger partial charge in [-0.15, -0.1) is 0 Å². The Kier molecular flexibility index (Phi) is 4.65. The van der Waals surface area contributed by atoms with E-state index in [9.17, 15) is 4.79 Å². The van der Waals surface area contributed by atoms with E-state index < -0.39 is 0 Å². The van der Waals surface area contributed by atoms with E-state index in [1.54, 1.807) is 41.9 Å². The minimum absolute atomic E-state index is 0.213. The van der Waals surface area contributed by atoms with Crippen molar-refractivity contribution in [2.45, 2.75) is 6.54 Å². The molecule has 0 bridgehead atoms. The molecule has 3 aromatic heterocycles. The molecular formula is C20H14ClN3OS. The summed E-state index contributed by atoms with van der Waals surface area (Å²) < 4.78 is 0. The van der Waals surface area contributed by atoms with Crippen LogP contribution in [0.3, 0.4) is 0 Å². The number of aromatic nitrogens is 2. The molecule has 4 aromatic rings. The molecule has 6 heteroatoms. The minimum Gasteiger partial charge on any atom is -0.347 e. The Bertz CT molecular complexity index is 1060. The summed E-state index contributed by atoms with van der Waals surface area (Å²) in [7, 11) is 0. The molecular weight excluding hydrogens is 366 g/mol. The lowest BCUT2D eigenvalue weighted by molar-refractivity contribution is 0.0946. The largest absolute Gasteiger partial charge is 0.347 e. The van der Waals surface area contributed by atoms with Gasteiger partial charge in [0.1, 0.15) is 5.69 Å². The van der Waals surface area contributed by atoms with Crippen LogP contribution in [0.4, 0.5) is 0 Å². The topological polar surface area (TPSA) is 54.9 Å². The number of carbonyl (C=O) groups excluding carboxylic acids is 1. The molecule has 0 atom stereocenters. The van der Waals surface area contributed by atoms with Gasteiger partial charge in [0.15, 0.2) is 0 Å². The molecule has 0 aliphatic rings. The molecule has 1 amide bonds. The third-order valence-electron chi connectivity index (χ3n) is 4.03. The van der Waals surface area contributed by atoms with Crippen LogP contribution in [0.2, 0.25) is 5.02 Å². The second kappa shape index (κ2) is 7.23. The molecule has 0 fully saturated rings. The summed E-state index contributed by atoms with van der Waals surface area (Å²) in [5.41, 5.74) is 4.12. The van der Waals surface area contributed by atoms with Gasteiger partial charge in [-0.1, -0.05) is 23.7 Å². The van der Waals surface area contributed by atoms with Gasteiger partial charge in [-0.25, -0.2) is 4.98 Å². The maximum atomic E-state index is 12.5. The number of amides is 1. The van der Waals surface area contributed by atoms with Gasteiger partial charge in [-0.05, 0) is 52.2 Å². The van der Waals surface area contributed by atoms with Crippen LogP contribution in [-0.4, -0.2) is 15.9 Å². The van der Waals surface area contributed by atoms with Crippen LogP contribution in [0, 0.1) is 0 Å². The molecule has 0 unspecified atom stereocenters. The van der Waals surface area contributed by atoms with Crippen molar-refractivity contribution in [1.29, 1.82) is 0 Å². The number of rotatable bonds is 4. The van der Waals surface area contributed by atoms with Crippen LogP contribution in [0.5, 0.6) is 0 Å². The van der Waals surface area contributed by atoms with Crippen LogP contribution in [0.1, 0.15) is 16.1 Å². The van der Waals surface area contributed by atoms with Gasteiger partial charge in [0.25, 0.3) is 5.91 Å². The SMILES string of the molecule is O=C(NCc1ccc(Cl)cc1)c1ccc2cncc(-c3ccsc3)c2n1. The maximum absolute atomic E-state index is 12.5. The van der Waals surface area contributed by atoms with Crippen molar-refractivity contribution < 1.29 is 4.79 Å². The number of halogens is 1. The number of hydrogen-bond donors (Lipinski definition) is 1. The molecule has 128 valence electrons. The summed E-state index contributed by atoms with van der Waals surface area (Å²) in [5.74, 6) is -0.213. The van der Waals surface area contributed by atoms with Gasteiger partial charge in [-0.2, -0.15) is 11.3 Å². The maximum Gasteiger partial charge on any atom is 0.270 e. The van der Waals surface area contributed by atoms with E-state index >= 15 is 0 Å². The fourth-order valence-corrected chi connectivity index (χ4v) is 3.46. The van der Waals surface area contributed by atoms with Crippen molar-refractivity contribution in [3.63, 3.8) is 0 Å². The molecule has 4 nitrogen and oxygen atoms in total. The zero-order valence-electron chi connectivity index (χ0n) is 13.6. The average molecular weight is 380 g/mol. The summed E-state index contributed by atoms with van der Waals surface area (Å²) in [6, 6.07) is 13.0. The number of carbonyl (C=O) groups is 1. The molecule has 0 saturated heterocycles. The summed E-state index contributed by atoms with van der Waals surface area (Å²) >= 11 is 7.50. The van der Waals surface area contributed by atoms with Gasteiger partial charge in [0, 0.05) is 34.9 Å². The van der Waals surface area contributed by atoms with E-state index in [-0.39, 0.29) is 5.91 Å². The smallest absolute Gasteiger partial charge is 0.270 e. The average Bonchev–Trinajstić information content (AvgIpc) is 3.21. The van der Waals surface area contributed by atoms with E-state index in [4.69, 9.17) is 11.6 Å². The first-order chi connectivity index (χ1) is 12.7. The highest BCUT2D eigenvalue weighted by Crippen LogP contribution is 2.28. The van der Waals surface area contributed by atoms with Crippen LogP contribution >= 0.6 is 22.9 Å². The highest BCUT2D eigenvalue weighted by Gasteiger charge is 2.12. The summed E-state index contributed by atoms with van der Waals surface area (Å²) in [4.78, 5) is 21.4. The Morgan fingerprint density at radius 3 is 2.69 bits per heavy atom. The standard InChI is InChI=1S/C20H14ClN3OS/c21-16-4-1-13(2-5-16)9-23-20(25)18-6-3-14-10-22-11-17(19(14)24-18)15-7-8-26-12-15/h1-8,10-12H,9H2,(H,23,25). The molecule has 0 saturated carbocycles. The lowest BCUT2D eigenvalue weighted by Gasteiger charge is -2.08. The molecule has 1 aromatic carbocycles. The Morgan fingerprint density at radius 2 is 1.92 bits per heavy atom. The Morgan fingerprint density at radius 1 is 1.08 bits per heavy atom. The predicted molar refractivity (Wildman–Crippen MR) is 105 cm³/mol. The lowest BCUT2D eigenvalue weighted by atomic mass is 10.1. The van der Waals surface area contributed by atoms with Crippen LogP contribution < -0.4 is 5.32 Å². The number of nitrogens with one attached hydrogen (secondary N) is 1. The number of thiophene rings is 1. The van der Waals surface area contributed by atoms with E-state index in [1.165, 1.54) is 0 Å². The minimum atomic E-state index is -0.213. The zero-order valence-corrected chi connectivity index (χ0v) is 15.2. The van der Waals surface area contributed by atoms with Crippen LogP contribution in [0.15, 0.2) is 65.6 Å². The molecule has 26 heavy (non-hydrogen) atoms. The van der Waals surface area contributed by atoms with Gasteiger partial charge >= 0.3 is 0 Å². The van der Waals surface area contributed by atoms with Crippen molar-refractivity contribution in [2.24, 2.45) is 0 Å². The first kappa shape index (κ1) is 16.7. The quantitative estimate of drug-likeness (QED) is 0.546. The van der Waals surface area contributed by atoms with Crippen LogP contribution in [0.25, 0.3) is 22.0 Å². The van der Waals surface area contributed by atoms with Gasteiger partial charge in [0.2, 0.25) is 0 Å². The first-order valence-corrected chi connectivity index (χ1v) is 9.33. The van der Waals surface area contributed by atoms with Crippen molar-refractivity contribution in [3.8, 4) is 11.1 Å². The summed E-state index contributed by atoms with van der Waals surface area (Å²) in [5, 5.41) is 8.53. The molecule has 0 spiro atoms. The van der Waals surface area contributed by atoms with Crippen molar-refractivity contribution in [3.05, 3.63) is 81.9 Å². The first-order valence-electron chi connectivity index (χ1n) is 8.01. The number of fused-ring (bicyclic) bond motifs is 1. The molecule has 3 heterocycles. The van der Waals surface area contributed by atoms with E-state index in [2.05, 4.69) is 15.3 Å². The number of pyridine rings is 2. The third kappa shape index (κ3) is 3.45. The van der Waals surface area contributed by atoms with Crippen molar-refractivity contribution in [1.82, 2.24) is 15.3 Å². The zero-order chi connectivity index (χ0) is 17.9. The predicted octanol–water partition coefficient (Wildman–Crippen LogP) is 4.94. The molecule has 4 rings (SSSR count). The highest BCUT2D eigenvalue weighted by atomic mass is 35.5. The second-order valence-electron chi connectivity index (χ2n) is 5.78. The van der Waals surface area contributed by atoms with E-state index in [0.29, 0.717) is 17.3 Å². The van der Waals surface area contributed by atoms with E-state index in [0.717, 1.165) is 27.6 Å². The Balaban J connectivity index is 1.61. The fraction of sp³-hybridized carbons (Fsp3) is 0.0500. The third-order valence-corrected chi connectivity index (χ3v) is 4.97. The summed E-state index contributed by atoms with van der Waals surface area (Å²) in [6.45, 7) is 0.420. The molecule has 0 radical (unpaired) electrons. The van der Waals surface area contributed by atoms with Crippen molar-refractivity contribution in [2.75, 3.05) is 0 Å². The molecule has 0 aliphatic carbocycles. The number of nitrogens with zero attached hydrogens (tertiary/aromatic N) is 2. The Hall–Kier alpha value is -2.76. The normalized spacial score (nSPS) is 10.8. The molecule has 0 aliphatic heterocycles. The van der Waals surface area contributed by atoms with Crippen molar-refractivity contribution >= 4 is 39.7 Å². The molecule has 1 N–H and O–H groups in total. The van der Waals surface area contributed by atoms with Gasteiger partial charge in [0.05, 0.1) is 5.52 Å². The Labute approximate surface area is 159 Å².